The third-order valence-corrected chi connectivity index (χ3v) is 5.35. The van der Waals surface area contributed by atoms with Crippen LogP contribution in [-0.2, 0) is 17.9 Å². The van der Waals surface area contributed by atoms with Crippen LogP contribution in [0, 0.1) is 0 Å². The van der Waals surface area contributed by atoms with Crippen molar-refractivity contribution in [1.82, 2.24) is 25.7 Å². The number of H-pyrrole nitrogens is 1. The summed E-state index contributed by atoms with van der Waals surface area (Å²) in [4.78, 5) is 20.9. The Labute approximate surface area is 216 Å². The molecule has 1 heterocycles. The van der Waals surface area contributed by atoms with Gasteiger partial charge >= 0.3 is 0 Å². The maximum atomic E-state index is 11.2. The van der Waals surface area contributed by atoms with Gasteiger partial charge in [-0.05, 0) is 56.0 Å². The molecule has 1 amide bonds. The van der Waals surface area contributed by atoms with Gasteiger partial charge in [-0.25, -0.2) is 10.5 Å². The monoisotopic (exact) mass is 491 g/mol. The topological polar surface area (TPSA) is 93.3 Å². The number of hydroxylamine groups is 1. The number of hydrogen-bond acceptors (Lipinski definition) is 5. The lowest BCUT2D eigenvalue weighted by atomic mass is 10.0. The quantitative estimate of drug-likeness (QED) is 0.122. The number of carbonyl (C=O) groups is 1. The first kappa shape index (κ1) is 30.4. The molecular weight excluding hydrogens is 450 g/mol. The Balaban J connectivity index is 0.00000316. The van der Waals surface area contributed by atoms with Crippen molar-refractivity contribution < 1.29 is 10.0 Å². The van der Waals surface area contributed by atoms with Gasteiger partial charge in [-0.3, -0.25) is 14.9 Å². The predicted molar refractivity (Wildman–Crippen MR) is 149 cm³/mol. The molecule has 0 fully saturated rings. The van der Waals surface area contributed by atoms with Gasteiger partial charge in [0, 0.05) is 49.5 Å². The summed E-state index contributed by atoms with van der Waals surface area (Å²) in [5, 5.41) is 12.0. The zero-order valence-corrected chi connectivity index (χ0v) is 22.2. The number of benzene rings is 1. The van der Waals surface area contributed by atoms with Gasteiger partial charge in [0.25, 0.3) is 5.91 Å². The van der Waals surface area contributed by atoms with E-state index in [4.69, 9.17) is 5.21 Å². The molecule has 2 rings (SSSR count). The fourth-order valence-electron chi connectivity index (χ4n) is 3.30. The molecule has 0 aliphatic carbocycles. The normalized spacial score (nSPS) is 12.4. The predicted octanol–water partition coefficient (Wildman–Crippen LogP) is 5.88. The Hall–Kier alpha value is -3.68. The number of aromatic amines is 1. The fourth-order valence-corrected chi connectivity index (χ4v) is 3.30. The molecule has 1 aromatic heterocycles. The summed E-state index contributed by atoms with van der Waals surface area (Å²) >= 11 is 0. The van der Waals surface area contributed by atoms with Crippen molar-refractivity contribution in [3.63, 3.8) is 0 Å². The van der Waals surface area contributed by atoms with Crippen molar-refractivity contribution in [2.45, 2.75) is 54.1 Å². The maximum absolute atomic E-state index is 11.2. The van der Waals surface area contributed by atoms with Gasteiger partial charge in [-0.1, -0.05) is 62.4 Å². The molecule has 0 radical (unpaired) electrons. The third-order valence-electron chi connectivity index (χ3n) is 5.35. The van der Waals surface area contributed by atoms with Crippen LogP contribution >= 0.6 is 0 Å². The van der Waals surface area contributed by atoms with Gasteiger partial charge in [0.1, 0.15) is 0 Å². The second-order valence-electron chi connectivity index (χ2n) is 7.96. The number of hydrogen-bond donors (Lipinski definition) is 4. The Bertz CT molecular complexity index is 1030. The molecule has 194 valence electrons. The molecule has 0 spiro atoms. The Morgan fingerprint density at radius 2 is 1.92 bits per heavy atom. The number of allylic oxidation sites excluding steroid dienone is 5. The summed E-state index contributed by atoms with van der Waals surface area (Å²) in [6.07, 6.45) is 15.3. The molecule has 0 saturated heterocycles. The molecule has 0 bridgehead atoms. The number of nitrogens with one attached hydrogen (secondary N) is 3. The smallest absolute Gasteiger partial charge is 0.267 e. The van der Waals surface area contributed by atoms with Crippen molar-refractivity contribution in [3.05, 3.63) is 108 Å². The van der Waals surface area contributed by atoms with E-state index in [1.54, 1.807) is 24.0 Å². The van der Waals surface area contributed by atoms with Crippen LogP contribution in [0.3, 0.4) is 0 Å². The minimum absolute atomic E-state index is 0.556. The van der Waals surface area contributed by atoms with Crippen molar-refractivity contribution in [3.8, 4) is 0 Å². The van der Waals surface area contributed by atoms with Gasteiger partial charge in [0.2, 0.25) is 0 Å². The van der Waals surface area contributed by atoms with Crippen LogP contribution in [0.2, 0.25) is 0 Å². The van der Waals surface area contributed by atoms with E-state index in [2.05, 4.69) is 65.0 Å². The highest BCUT2D eigenvalue weighted by Gasteiger charge is 2.11. The van der Waals surface area contributed by atoms with E-state index >= 15 is 0 Å². The molecule has 1 aromatic carbocycles. The lowest BCUT2D eigenvalue weighted by Crippen LogP contribution is -2.25. The molecule has 0 aliphatic heterocycles. The van der Waals surface area contributed by atoms with Crippen LogP contribution in [0.4, 0.5) is 0 Å². The first-order valence-electron chi connectivity index (χ1n) is 12.2. The maximum Gasteiger partial charge on any atom is 0.267 e. The molecule has 7 nitrogen and oxygen atoms in total. The highest BCUT2D eigenvalue weighted by atomic mass is 16.5. The number of aromatic nitrogens is 2. The van der Waals surface area contributed by atoms with Crippen LogP contribution in [0.15, 0.2) is 90.7 Å². The average Bonchev–Trinajstić information content (AvgIpc) is 3.42. The Morgan fingerprint density at radius 1 is 1.19 bits per heavy atom. The summed E-state index contributed by atoms with van der Waals surface area (Å²) in [6, 6.07) is 8.02. The van der Waals surface area contributed by atoms with Crippen molar-refractivity contribution in [1.29, 1.82) is 0 Å². The average molecular weight is 492 g/mol. The minimum Gasteiger partial charge on any atom is -0.365 e. The number of imidazole rings is 1. The second-order valence-corrected chi connectivity index (χ2v) is 7.96. The van der Waals surface area contributed by atoms with Crippen molar-refractivity contribution in [2.75, 3.05) is 6.54 Å². The first-order chi connectivity index (χ1) is 17.4. The lowest BCUT2D eigenvalue weighted by molar-refractivity contribution is -0.124. The van der Waals surface area contributed by atoms with Crippen LogP contribution < -0.4 is 10.8 Å². The van der Waals surface area contributed by atoms with Gasteiger partial charge in [0.15, 0.2) is 0 Å². The molecule has 0 aliphatic rings. The first-order valence-corrected chi connectivity index (χ1v) is 12.2. The summed E-state index contributed by atoms with van der Waals surface area (Å²) < 4.78 is 0. The molecule has 0 atom stereocenters. The van der Waals surface area contributed by atoms with E-state index in [1.807, 2.05) is 45.2 Å². The second kappa shape index (κ2) is 17.7. The molecule has 0 saturated carbocycles. The molecule has 7 heteroatoms. The van der Waals surface area contributed by atoms with E-state index in [-0.39, 0.29) is 0 Å². The van der Waals surface area contributed by atoms with Crippen LogP contribution in [0.5, 0.6) is 0 Å². The van der Waals surface area contributed by atoms with Gasteiger partial charge < -0.3 is 10.3 Å². The number of nitrogens with zero attached hydrogens (tertiary/aromatic N) is 2. The highest BCUT2D eigenvalue weighted by molar-refractivity contribution is 5.90. The minimum atomic E-state index is -0.556. The lowest BCUT2D eigenvalue weighted by Gasteiger charge is -2.23. The van der Waals surface area contributed by atoms with E-state index in [9.17, 15) is 4.79 Å². The summed E-state index contributed by atoms with van der Waals surface area (Å²) in [5.74, 6) is -0.556. The van der Waals surface area contributed by atoms with Crippen LogP contribution in [0.25, 0.3) is 6.08 Å². The molecule has 36 heavy (non-hydrogen) atoms. The summed E-state index contributed by atoms with van der Waals surface area (Å²) in [6.45, 7) is 16.3. The summed E-state index contributed by atoms with van der Waals surface area (Å²) in [5.41, 5.74) is 8.23. The fraction of sp³-hybridized carbons (Fsp3) is 0.310. The van der Waals surface area contributed by atoms with E-state index in [0.717, 1.165) is 43.0 Å². The van der Waals surface area contributed by atoms with Crippen molar-refractivity contribution >= 4 is 12.0 Å². The molecule has 2 aromatic rings. The third kappa shape index (κ3) is 11.6. The molecule has 0 unspecified atom stereocenters. The SMILES string of the molecule is C=C/C=C(\C)N/C=C(CCN(Cc1ccc(/C=C/C(=O)NO)cc1)Cc1cnc[nH]1)\C(C)=C\C.CC. The van der Waals surface area contributed by atoms with Gasteiger partial charge in [-0.2, -0.15) is 0 Å². The zero-order valence-electron chi connectivity index (χ0n) is 22.2. The molecule has 4 N–H and O–H groups in total. The number of rotatable bonds is 13. The Kier molecular flexibility index (Phi) is 14.9. The van der Waals surface area contributed by atoms with Gasteiger partial charge in [0.05, 0.1) is 6.33 Å². The van der Waals surface area contributed by atoms with E-state index in [0.29, 0.717) is 0 Å². The van der Waals surface area contributed by atoms with E-state index < -0.39 is 5.91 Å². The van der Waals surface area contributed by atoms with E-state index in [1.165, 1.54) is 22.8 Å². The van der Waals surface area contributed by atoms with Gasteiger partial charge in [-0.15, -0.1) is 0 Å². The largest absolute Gasteiger partial charge is 0.365 e. The van der Waals surface area contributed by atoms with Crippen molar-refractivity contribution in [2.24, 2.45) is 0 Å². The zero-order chi connectivity index (χ0) is 26.8. The highest BCUT2D eigenvalue weighted by Crippen LogP contribution is 2.17. The standard InChI is InChI=1S/C27H35N5O2.C2H6/c1-5-7-22(4)29-16-25(21(3)6-2)14-15-32(19-26-17-28-20-30-26)18-24-10-8-23(9-11-24)12-13-27(33)31-34;1-2/h5-13,16-17,20,29,34H,1,14-15,18-19H2,2-4H3,(H,28,30)(H,31,33);1-2H3/b13-12+,21-6+,22-7+,25-16-;. The van der Waals surface area contributed by atoms with Crippen LogP contribution in [0.1, 0.15) is 57.9 Å². The Morgan fingerprint density at radius 3 is 2.50 bits per heavy atom. The number of amides is 1. The summed E-state index contributed by atoms with van der Waals surface area (Å²) in [7, 11) is 0. The number of carbonyl (C=O) groups excluding carboxylic acids is 1. The van der Waals surface area contributed by atoms with Crippen LogP contribution in [-0.4, -0.2) is 32.5 Å². The molecular formula is C29H41N5O2.